The number of hydrogen-bond acceptors (Lipinski definition) is 2. The predicted octanol–water partition coefficient (Wildman–Crippen LogP) is 2.96. The number of phenols is 1. The Labute approximate surface area is 108 Å². The second-order valence-corrected chi connectivity index (χ2v) is 5.35. The van der Waals surface area contributed by atoms with Crippen molar-refractivity contribution in [3.8, 4) is 5.75 Å². The lowest BCUT2D eigenvalue weighted by Crippen LogP contribution is -2.32. The Balaban J connectivity index is 2.15. The van der Waals surface area contributed by atoms with Crippen LogP contribution in [-0.4, -0.2) is 29.0 Å². The van der Waals surface area contributed by atoms with Gasteiger partial charge in [-0.25, -0.2) is 0 Å². The number of amides is 1. The SMILES string of the molecule is Cc1ccc(C(=O)N2CCCC(C)CC2)c(O)c1. The Bertz CT molecular complexity index is 442. The van der Waals surface area contributed by atoms with Crippen LogP contribution in [0.2, 0.25) is 0 Å². The zero-order chi connectivity index (χ0) is 13.1. The molecule has 1 saturated heterocycles. The lowest BCUT2D eigenvalue weighted by atomic mass is 10.0. The molecular formula is C15H21NO2. The first kappa shape index (κ1) is 12.9. The van der Waals surface area contributed by atoms with E-state index >= 15 is 0 Å². The number of rotatable bonds is 1. The first-order chi connectivity index (χ1) is 8.58. The van der Waals surface area contributed by atoms with Crippen molar-refractivity contribution >= 4 is 5.91 Å². The molecule has 3 nitrogen and oxygen atoms in total. The molecule has 1 unspecified atom stereocenters. The van der Waals surface area contributed by atoms with E-state index in [2.05, 4.69) is 6.92 Å². The maximum absolute atomic E-state index is 12.4. The van der Waals surface area contributed by atoms with Crippen LogP contribution in [0.1, 0.15) is 42.1 Å². The van der Waals surface area contributed by atoms with Gasteiger partial charge in [0.25, 0.3) is 5.91 Å². The van der Waals surface area contributed by atoms with Crippen molar-refractivity contribution in [2.45, 2.75) is 33.1 Å². The van der Waals surface area contributed by atoms with Crippen molar-refractivity contribution in [2.24, 2.45) is 5.92 Å². The van der Waals surface area contributed by atoms with Gasteiger partial charge < -0.3 is 10.0 Å². The summed E-state index contributed by atoms with van der Waals surface area (Å²) in [4.78, 5) is 14.2. The maximum atomic E-state index is 12.4. The normalized spacial score (nSPS) is 20.6. The first-order valence-electron chi connectivity index (χ1n) is 6.67. The third-order valence-corrected chi connectivity index (χ3v) is 3.69. The topological polar surface area (TPSA) is 40.5 Å². The summed E-state index contributed by atoms with van der Waals surface area (Å²) in [5.74, 6) is 0.744. The van der Waals surface area contributed by atoms with E-state index in [1.807, 2.05) is 17.9 Å². The fourth-order valence-corrected chi connectivity index (χ4v) is 2.46. The molecule has 1 fully saturated rings. The van der Waals surface area contributed by atoms with E-state index in [1.165, 1.54) is 6.42 Å². The number of hydrogen-bond donors (Lipinski definition) is 1. The van der Waals surface area contributed by atoms with Gasteiger partial charge in [0, 0.05) is 13.1 Å². The third-order valence-electron chi connectivity index (χ3n) is 3.69. The van der Waals surface area contributed by atoms with Crippen molar-refractivity contribution in [1.29, 1.82) is 0 Å². The molecule has 3 heteroatoms. The van der Waals surface area contributed by atoms with Crippen molar-refractivity contribution in [3.05, 3.63) is 29.3 Å². The molecule has 0 aliphatic carbocycles. The molecule has 1 amide bonds. The summed E-state index contributed by atoms with van der Waals surface area (Å²) in [6.07, 6.45) is 3.29. The summed E-state index contributed by atoms with van der Waals surface area (Å²) in [6.45, 7) is 5.74. The van der Waals surface area contributed by atoms with E-state index in [0.29, 0.717) is 11.5 Å². The molecule has 18 heavy (non-hydrogen) atoms. The maximum Gasteiger partial charge on any atom is 0.257 e. The van der Waals surface area contributed by atoms with E-state index in [0.717, 1.165) is 31.5 Å². The van der Waals surface area contributed by atoms with Crippen LogP contribution in [0, 0.1) is 12.8 Å². The quantitative estimate of drug-likeness (QED) is 0.828. The fraction of sp³-hybridized carbons (Fsp3) is 0.533. The van der Waals surface area contributed by atoms with Crippen molar-refractivity contribution in [1.82, 2.24) is 4.90 Å². The summed E-state index contributed by atoms with van der Waals surface area (Å²) in [5, 5.41) is 9.87. The van der Waals surface area contributed by atoms with E-state index in [4.69, 9.17) is 0 Å². The zero-order valence-electron chi connectivity index (χ0n) is 11.1. The number of benzene rings is 1. The van der Waals surface area contributed by atoms with Crippen LogP contribution in [0.25, 0.3) is 0 Å². The highest BCUT2D eigenvalue weighted by Crippen LogP contribution is 2.23. The van der Waals surface area contributed by atoms with Gasteiger partial charge in [-0.1, -0.05) is 13.0 Å². The van der Waals surface area contributed by atoms with Gasteiger partial charge in [0.2, 0.25) is 0 Å². The summed E-state index contributed by atoms with van der Waals surface area (Å²) in [5.41, 5.74) is 1.39. The van der Waals surface area contributed by atoms with Crippen molar-refractivity contribution in [2.75, 3.05) is 13.1 Å². The summed E-state index contributed by atoms with van der Waals surface area (Å²) in [6, 6.07) is 5.24. The summed E-state index contributed by atoms with van der Waals surface area (Å²) >= 11 is 0. The highest BCUT2D eigenvalue weighted by molar-refractivity contribution is 5.96. The number of phenolic OH excluding ortho intramolecular Hbond substituents is 1. The number of nitrogens with zero attached hydrogens (tertiary/aromatic N) is 1. The Morgan fingerprint density at radius 2 is 2.11 bits per heavy atom. The van der Waals surface area contributed by atoms with Crippen LogP contribution in [0.4, 0.5) is 0 Å². The van der Waals surface area contributed by atoms with Gasteiger partial charge in [-0.15, -0.1) is 0 Å². The Morgan fingerprint density at radius 1 is 1.33 bits per heavy atom. The average Bonchev–Trinajstić information content (AvgIpc) is 2.53. The second kappa shape index (κ2) is 5.42. The second-order valence-electron chi connectivity index (χ2n) is 5.35. The average molecular weight is 247 g/mol. The number of carbonyl (C=O) groups excluding carboxylic acids is 1. The van der Waals surface area contributed by atoms with Crippen molar-refractivity contribution in [3.63, 3.8) is 0 Å². The van der Waals surface area contributed by atoms with Gasteiger partial charge >= 0.3 is 0 Å². The molecule has 1 aromatic rings. The molecule has 1 aromatic carbocycles. The van der Waals surface area contributed by atoms with E-state index in [1.54, 1.807) is 12.1 Å². The monoisotopic (exact) mass is 247 g/mol. The predicted molar refractivity (Wildman–Crippen MR) is 71.8 cm³/mol. The largest absolute Gasteiger partial charge is 0.507 e. The number of aryl methyl sites for hydroxylation is 1. The minimum atomic E-state index is -0.0402. The highest BCUT2D eigenvalue weighted by Gasteiger charge is 2.21. The third kappa shape index (κ3) is 2.84. The van der Waals surface area contributed by atoms with Gasteiger partial charge in [0.05, 0.1) is 5.56 Å². The molecule has 0 saturated carbocycles. The molecule has 1 aliphatic rings. The molecule has 0 bridgehead atoms. The molecule has 0 radical (unpaired) electrons. The molecule has 1 N–H and O–H groups in total. The van der Waals surface area contributed by atoms with Gasteiger partial charge in [-0.2, -0.15) is 0 Å². The Kier molecular flexibility index (Phi) is 3.90. The van der Waals surface area contributed by atoms with E-state index in [9.17, 15) is 9.90 Å². The van der Waals surface area contributed by atoms with Gasteiger partial charge in [-0.3, -0.25) is 4.79 Å². The van der Waals surface area contributed by atoms with Gasteiger partial charge in [-0.05, 0) is 49.8 Å². The lowest BCUT2D eigenvalue weighted by molar-refractivity contribution is 0.0757. The highest BCUT2D eigenvalue weighted by atomic mass is 16.3. The molecule has 1 aliphatic heterocycles. The zero-order valence-corrected chi connectivity index (χ0v) is 11.1. The summed E-state index contributed by atoms with van der Waals surface area (Å²) < 4.78 is 0. The molecule has 1 atom stereocenters. The number of aromatic hydroxyl groups is 1. The smallest absolute Gasteiger partial charge is 0.257 e. The number of likely N-dealkylation sites (tertiary alicyclic amines) is 1. The van der Waals surface area contributed by atoms with Crippen LogP contribution >= 0.6 is 0 Å². The van der Waals surface area contributed by atoms with Crippen LogP contribution in [0.3, 0.4) is 0 Å². The van der Waals surface area contributed by atoms with E-state index < -0.39 is 0 Å². The molecule has 98 valence electrons. The molecule has 0 spiro atoms. The minimum absolute atomic E-state index is 0.0402. The standard InChI is InChI=1S/C15H21NO2/c1-11-4-3-8-16(9-7-11)15(18)13-6-5-12(2)10-14(13)17/h5-6,10-11,17H,3-4,7-9H2,1-2H3. The van der Waals surface area contributed by atoms with Gasteiger partial charge in [0.15, 0.2) is 0 Å². The Morgan fingerprint density at radius 3 is 2.83 bits per heavy atom. The minimum Gasteiger partial charge on any atom is -0.507 e. The van der Waals surface area contributed by atoms with E-state index in [-0.39, 0.29) is 11.7 Å². The molecular weight excluding hydrogens is 226 g/mol. The van der Waals surface area contributed by atoms with Crippen molar-refractivity contribution < 1.29 is 9.90 Å². The fourth-order valence-electron chi connectivity index (χ4n) is 2.46. The molecule has 0 aromatic heterocycles. The molecule has 1 heterocycles. The molecule has 2 rings (SSSR count). The first-order valence-corrected chi connectivity index (χ1v) is 6.67. The van der Waals surface area contributed by atoms with Crippen LogP contribution in [0.5, 0.6) is 5.75 Å². The van der Waals surface area contributed by atoms with Crippen LogP contribution < -0.4 is 0 Å². The summed E-state index contributed by atoms with van der Waals surface area (Å²) in [7, 11) is 0. The number of carbonyl (C=O) groups is 1. The lowest BCUT2D eigenvalue weighted by Gasteiger charge is -2.21. The Hall–Kier alpha value is -1.51. The van der Waals surface area contributed by atoms with Crippen LogP contribution in [-0.2, 0) is 0 Å². The van der Waals surface area contributed by atoms with Crippen LogP contribution in [0.15, 0.2) is 18.2 Å². The van der Waals surface area contributed by atoms with Gasteiger partial charge in [0.1, 0.15) is 5.75 Å².